The Morgan fingerprint density at radius 3 is 2.73 bits per heavy atom. The average Bonchev–Trinajstić information content (AvgIpc) is 2.27. The van der Waals surface area contributed by atoms with Gasteiger partial charge in [-0.15, -0.1) is 0 Å². The Bertz CT molecular complexity index is 354. The first-order valence-electron chi connectivity index (χ1n) is 5.70. The Labute approximate surface area is 91.3 Å². The lowest BCUT2D eigenvalue weighted by Gasteiger charge is -2.25. The number of piperidine rings is 1. The van der Waals surface area contributed by atoms with E-state index in [-0.39, 0.29) is 0 Å². The maximum atomic E-state index is 9.61. The molecule has 0 bridgehead atoms. The molecule has 15 heavy (non-hydrogen) atoms. The summed E-state index contributed by atoms with van der Waals surface area (Å²) in [5.74, 6) is 1.04. The lowest BCUT2D eigenvalue weighted by Crippen LogP contribution is -2.28. The van der Waals surface area contributed by atoms with Crippen molar-refractivity contribution in [3.8, 4) is 5.75 Å². The van der Waals surface area contributed by atoms with Crippen LogP contribution in [0.15, 0.2) is 12.1 Å². The topological polar surface area (TPSA) is 32.3 Å². The number of phenolic OH excluding ortho intramolecular Hbond substituents is 1. The van der Waals surface area contributed by atoms with Crippen LogP contribution in [0.1, 0.15) is 35.4 Å². The van der Waals surface area contributed by atoms with E-state index >= 15 is 0 Å². The molecule has 0 spiro atoms. The lowest BCUT2D eigenvalue weighted by molar-refractivity contribution is 0.454. The molecule has 2 nitrogen and oxygen atoms in total. The molecule has 1 aliphatic rings. The fourth-order valence-electron chi connectivity index (χ4n) is 2.39. The molecule has 0 aliphatic carbocycles. The summed E-state index contributed by atoms with van der Waals surface area (Å²) in [6.45, 7) is 6.32. The SMILES string of the molecule is Cc1c(O)ccc(C2CCCNC2)c1C. The van der Waals surface area contributed by atoms with E-state index in [1.807, 2.05) is 13.0 Å². The van der Waals surface area contributed by atoms with Crippen molar-refractivity contribution in [2.24, 2.45) is 0 Å². The molecule has 1 unspecified atom stereocenters. The van der Waals surface area contributed by atoms with Crippen LogP contribution in [0.3, 0.4) is 0 Å². The molecule has 2 N–H and O–H groups in total. The number of phenols is 1. The molecule has 1 aromatic rings. The summed E-state index contributed by atoms with van der Waals surface area (Å²) in [7, 11) is 0. The van der Waals surface area contributed by atoms with E-state index in [4.69, 9.17) is 0 Å². The van der Waals surface area contributed by atoms with E-state index < -0.39 is 0 Å². The van der Waals surface area contributed by atoms with Crippen LogP contribution < -0.4 is 5.32 Å². The summed E-state index contributed by atoms with van der Waals surface area (Å²) in [4.78, 5) is 0. The molecule has 1 fully saturated rings. The van der Waals surface area contributed by atoms with E-state index in [1.54, 1.807) is 0 Å². The van der Waals surface area contributed by atoms with Crippen molar-refractivity contribution in [2.45, 2.75) is 32.6 Å². The van der Waals surface area contributed by atoms with Gasteiger partial charge in [-0.05, 0) is 61.9 Å². The molecule has 0 aromatic heterocycles. The number of aromatic hydroxyl groups is 1. The first-order chi connectivity index (χ1) is 7.20. The predicted octanol–water partition coefficient (Wildman–Crippen LogP) is 2.48. The van der Waals surface area contributed by atoms with Gasteiger partial charge in [0.25, 0.3) is 0 Å². The van der Waals surface area contributed by atoms with Crippen molar-refractivity contribution in [3.05, 3.63) is 28.8 Å². The fourth-order valence-corrected chi connectivity index (χ4v) is 2.39. The minimum Gasteiger partial charge on any atom is -0.508 e. The first kappa shape index (κ1) is 10.5. The van der Waals surface area contributed by atoms with Crippen LogP contribution >= 0.6 is 0 Å². The van der Waals surface area contributed by atoms with Gasteiger partial charge in [-0.25, -0.2) is 0 Å². The first-order valence-corrected chi connectivity index (χ1v) is 5.70. The zero-order chi connectivity index (χ0) is 10.8. The third-order valence-corrected chi connectivity index (χ3v) is 3.54. The van der Waals surface area contributed by atoms with Crippen LogP contribution in [0.5, 0.6) is 5.75 Å². The van der Waals surface area contributed by atoms with Crippen LogP contribution in [0, 0.1) is 13.8 Å². The summed E-state index contributed by atoms with van der Waals surface area (Å²) in [5, 5.41) is 13.0. The van der Waals surface area contributed by atoms with Crippen molar-refractivity contribution in [1.82, 2.24) is 5.32 Å². The maximum absolute atomic E-state index is 9.61. The maximum Gasteiger partial charge on any atom is 0.118 e. The van der Waals surface area contributed by atoms with E-state index in [0.29, 0.717) is 11.7 Å². The molecule has 2 heteroatoms. The summed E-state index contributed by atoms with van der Waals surface area (Å²) in [5.41, 5.74) is 3.68. The predicted molar refractivity (Wildman–Crippen MR) is 62.4 cm³/mol. The zero-order valence-corrected chi connectivity index (χ0v) is 9.51. The molecule has 1 aromatic carbocycles. The number of hydrogen-bond acceptors (Lipinski definition) is 2. The lowest BCUT2D eigenvalue weighted by atomic mass is 9.87. The molecular formula is C13H19NO. The van der Waals surface area contributed by atoms with E-state index in [9.17, 15) is 5.11 Å². The second kappa shape index (κ2) is 4.23. The van der Waals surface area contributed by atoms with Gasteiger partial charge >= 0.3 is 0 Å². The van der Waals surface area contributed by atoms with Crippen LogP contribution in [0.4, 0.5) is 0 Å². The van der Waals surface area contributed by atoms with Gasteiger partial charge in [0, 0.05) is 6.54 Å². The second-order valence-corrected chi connectivity index (χ2v) is 4.47. The van der Waals surface area contributed by atoms with Crippen molar-refractivity contribution < 1.29 is 5.11 Å². The van der Waals surface area contributed by atoms with Crippen LogP contribution in [-0.4, -0.2) is 18.2 Å². The van der Waals surface area contributed by atoms with Gasteiger partial charge < -0.3 is 10.4 Å². The summed E-state index contributed by atoms with van der Waals surface area (Å²) < 4.78 is 0. The Balaban J connectivity index is 2.31. The van der Waals surface area contributed by atoms with Gasteiger partial charge in [-0.2, -0.15) is 0 Å². The Morgan fingerprint density at radius 1 is 1.27 bits per heavy atom. The van der Waals surface area contributed by atoms with Crippen molar-refractivity contribution in [1.29, 1.82) is 0 Å². The highest BCUT2D eigenvalue weighted by atomic mass is 16.3. The highest BCUT2D eigenvalue weighted by Gasteiger charge is 2.18. The van der Waals surface area contributed by atoms with E-state index in [2.05, 4.69) is 18.3 Å². The molecule has 0 amide bonds. The highest BCUT2D eigenvalue weighted by molar-refractivity contribution is 5.44. The Kier molecular flexibility index (Phi) is 2.96. The molecule has 0 radical (unpaired) electrons. The average molecular weight is 205 g/mol. The fraction of sp³-hybridized carbons (Fsp3) is 0.538. The largest absolute Gasteiger partial charge is 0.508 e. The van der Waals surface area contributed by atoms with E-state index in [0.717, 1.165) is 18.7 Å². The molecular weight excluding hydrogens is 186 g/mol. The Morgan fingerprint density at radius 2 is 2.07 bits per heavy atom. The van der Waals surface area contributed by atoms with E-state index in [1.165, 1.54) is 24.0 Å². The minimum absolute atomic E-state index is 0.417. The minimum atomic E-state index is 0.417. The summed E-state index contributed by atoms with van der Waals surface area (Å²) in [6, 6.07) is 3.90. The summed E-state index contributed by atoms with van der Waals surface area (Å²) >= 11 is 0. The quantitative estimate of drug-likeness (QED) is 0.738. The molecule has 1 aliphatic heterocycles. The smallest absolute Gasteiger partial charge is 0.118 e. The van der Waals surface area contributed by atoms with Gasteiger partial charge in [0.1, 0.15) is 5.75 Å². The molecule has 2 rings (SSSR count). The standard InChI is InChI=1S/C13H19NO/c1-9-10(2)13(15)6-5-12(9)11-4-3-7-14-8-11/h5-6,11,14-15H,3-4,7-8H2,1-2H3. The second-order valence-electron chi connectivity index (χ2n) is 4.47. The monoisotopic (exact) mass is 205 g/mol. The van der Waals surface area contributed by atoms with Crippen LogP contribution in [-0.2, 0) is 0 Å². The molecule has 1 heterocycles. The summed E-state index contributed by atoms with van der Waals surface area (Å²) in [6.07, 6.45) is 2.52. The zero-order valence-electron chi connectivity index (χ0n) is 9.51. The molecule has 0 saturated carbocycles. The normalized spacial score (nSPS) is 21.6. The van der Waals surface area contributed by atoms with Gasteiger partial charge in [-0.3, -0.25) is 0 Å². The van der Waals surface area contributed by atoms with Gasteiger partial charge in [0.05, 0.1) is 0 Å². The molecule has 82 valence electrons. The molecule has 1 atom stereocenters. The van der Waals surface area contributed by atoms with Gasteiger partial charge in [-0.1, -0.05) is 6.07 Å². The third-order valence-electron chi connectivity index (χ3n) is 3.54. The van der Waals surface area contributed by atoms with Crippen LogP contribution in [0.2, 0.25) is 0 Å². The van der Waals surface area contributed by atoms with Gasteiger partial charge in [0.2, 0.25) is 0 Å². The molecule has 1 saturated heterocycles. The highest BCUT2D eigenvalue weighted by Crippen LogP contribution is 2.31. The van der Waals surface area contributed by atoms with Gasteiger partial charge in [0.15, 0.2) is 0 Å². The number of rotatable bonds is 1. The van der Waals surface area contributed by atoms with Crippen LogP contribution in [0.25, 0.3) is 0 Å². The third kappa shape index (κ3) is 2.00. The van der Waals surface area contributed by atoms with Crippen molar-refractivity contribution in [3.63, 3.8) is 0 Å². The van der Waals surface area contributed by atoms with Crippen molar-refractivity contribution in [2.75, 3.05) is 13.1 Å². The van der Waals surface area contributed by atoms with Crippen molar-refractivity contribution >= 4 is 0 Å². The Hall–Kier alpha value is -1.02. The number of nitrogens with one attached hydrogen (secondary N) is 1. The number of benzene rings is 1. The number of hydrogen-bond donors (Lipinski definition) is 2.